The van der Waals surface area contributed by atoms with Gasteiger partial charge >= 0.3 is 0 Å². The first-order valence-corrected chi connectivity index (χ1v) is 7.54. The second-order valence-electron chi connectivity index (χ2n) is 5.82. The summed E-state index contributed by atoms with van der Waals surface area (Å²) < 4.78 is 1.82. The molecule has 0 saturated carbocycles. The van der Waals surface area contributed by atoms with Crippen molar-refractivity contribution in [1.29, 1.82) is 0 Å². The van der Waals surface area contributed by atoms with E-state index in [9.17, 15) is 0 Å². The van der Waals surface area contributed by atoms with E-state index in [1.165, 1.54) is 0 Å². The zero-order valence-corrected chi connectivity index (χ0v) is 12.4. The molecule has 1 aliphatic heterocycles. The van der Waals surface area contributed by atoms with E-state index in [2.05, 4.69) is 27.3 Å². The molecular formula is C15H22N6. The average molecular weight is 286 g/mol. The molecule has 2 heterocycles. The second-order valence-corrected chi connectivity index (χ2v) is 5.82. The van der Waals surface area contributed by atoms with Crippen molar-refractivity contribution in [3.05, 3.63) is 36.2 Å². The molecule has 1 atom stereocenters. The summed E-state index contributed by atoms with van der Waals surface area (Å²) >= 11 is 0. The van der Waals surface area contributed by atoms with Crippen molar-refractivity contribution in [1.82, 2.24) is 25.1 Å². The standard InChI is InChI=1S/C15H22N6/c1-12(16)13-7-9-20(10-8-13)11-15-17-18-19-21(15)14-5-3-2-4-6-14/h2-6,12-13H,7-11,16H2,1H3. The highest BCUT2D eigenvalue weighted by atomic mass is 15.5. The van der Waals surface area contributed by atoms with Crippen molar-refractivity contribution in [3.8, 4) is 5.69 Å². The van der Waals surface area contributed by atoms with Gasteiger partial charge in [-0.1, -0.05) is 18.2 Å². The van der Waals surface area contributed by atoms with Crippen molar-refractivity contribution < 1.29 is 0 Å². The molecule has 0 spiro atoms. The number of benzene rings is 1. The van der Waals surface area contributed by atoms with Gasteiger partial charge < -0.3 is 5.73 Å². The van der Waals surface area contributed by atoms with Crippen LogP contribution in [0.25, 0.3) is 5.69 Å². The van der Waals surface area contributed by atoms with Crippen LogP contribution in [0, 0.1) is 5.92 Å². The fourth-order valence-corrected chi connectivity index (χ4v) is 2.91. The molecule has 0 radical (unpaired) electrons. The van der Waals surface area contributed by atoms with Gasteiger partial charge in [0.15, 0.2) is 5.82 Å². The molecule has 2 aromatic rings. The Balaban J connectivity index is 1.66. The Morgan fingerprint density at radius 3 is 2.62 bits per heavy atom. The van der Waals surface area contributed by atoms with E-state index in [-0.39, 0.29) is 0 Å². The van der Waals surface area contributed by atoms with Gasteiger partial charge in [0.05, 0.1) is 12.2 Å². The topological polar surface area (TPSA) is 72.9 Å². The van der Waals surface area contributed by atoms with Crippen LogP contribution in [0.15, 0.2) is 30.3 Å². The average Bonchev–Trinajstić information content (AvgIpc) is 2.97. The lowest BCUT2D eigenvalue weighted by Crippen LogP contribution is -2.39. The maximum absolute atomic E-state index is 5.99. The van der Waals surface area contributed by atoms with Crippen molar-refractivity contribution >= 4 is 0 Å². The Bertz CT molecular complexity index is 557. The lowest BCUT2D eigenvalue weighted by atomic mass is 9.91. The molecule has 6 heteroatoms. The zero-order chi connectivity index (χ0) is 14.7. The lowest BCUT2D eigenvalue weighted by Gasteiger charge is -2.33. The highest BCUT2D eigenvalue weighted by Crippen LogP contribution is 2.21. The quantitative estimate of drug-likeness (QED) is 0.915. The van der Waals surface area contributed by atoms with E-state index >= 15 is 0 Å². The normalized spacial score (nSPS) is 18.8. The number of nitrogens with zero attached hydrogens (tertiary/aromatic N) is 5. The summed E-state index contributed by atoms with van der Waals surface area (Å²) in [5, 5.41) is 12.1. The molecule has 1 aromatic heterocycles. The summed E-state index contributed by atoms with van der Waals surface area (Å²) in [4.78, 5) is 2.41. The molecule has 2 N–H and O–H groups in total. The van der Waals surface area contributed by atoms with Gasteiger partial charge in [0.1, 0.15) is 0 Å². The van der Waals surface area contributed by atoms with Gasteiger partial charge in [0.25, 0.3) is 0 Å². The largest absolute Gasteiger partial charge is 0.328 e. The molecule has 0 bridgehead atoms. The second kappa shape index (κ2) is 6.32. The first-order valence-electron chi connectivity index (χ1n) is 7.54. The van der Waals surface area contributed by atoms with Gasteiger partial charge in [-0.25, -0.2) is 0 Å². The van der Waals surface area contributed by atoms with Crippen LogP contribution in [0.4, 0.5) is 0 Å². The molecule has 112 valence electrons. The van der Waals surface area contributed by atoms with Crippen LogP contribution >= 0.6 is 0 Å². The third-order valence-electron chi connectivity index (χ3n) is 4.28. The molecule has 1 aliphatic rings. The summed E-state index contributed by atoms with van der Waals surface area (Å²) in [6, 6.07) is 10.3. The van der Waals surface area contributed by atoms with Gasteiger partial charge in [-0.3, -0.25) is 4.90 Å². The predicted octanol–water partition coefficient (Wildman–Crippen LogP) is 1.22. The maximum atomic E-state index is 5.99. The summed E-state index contributed by atoms with van der Waals surface area (Å²) in [6.07, 6.45) is 2.31. The number of tetrazole rings is 1. The molecule has 0 aliphatic carbocycles. The fourth-order valence-electron chi connectivity index (χ4n) is 2.91. The number of piperidine rings is 1. The van der Waals surface area contributed by atoms with E-state index in [1.54, 1.807) is 0 Å². The number of rotatable bonds is 4. The van der Waals surface area contributed by atoms with E-state index in [0.717, 1.165) is 44.0 Å². The predicted molar refractivity (Wildman–Crippen MR) is 80.8 cm³/mol. The third kappa shape index (κ3) is 3.28. The molecule has 1 saturated heterocycles. The number of nitrogens with two attached hydrogens (primary N) is 1. The van der Waals surface area contributed by atoms with Crippen LogP contribution in [0.5, 0.6) is 0 Å². The lowest BCUT2D eigenvalue weighted by molar-refractivity contribution is 0.161. The van der Waals surface area contributed by atoms with Crippen LogP contribution in [0.2, 0.25) is 0 Å². The summed E-state index contributed by atoms with van der Waals surface area (Å²) in [7, 11) is 0. The van der Waals surface area contributed by atoms with Gasteiger partial charge in [-0.05, 0) is 61.3 Å². The molecule has 3 rings (SSSR count). The number of hydrogen-bond acceptors (Lipinski definition) is 5. The summed E-state index contributed by atoms with van der Waals surface area (Å²) in [5.41, 5.74) is 7.00. The smallest absolute Gasteiger partial charge is 0.170 e. The highest BCUT2D eigenvalue weighted by molar-refractivity contribution is 5.30. The van der Waals surface area contributed by atoms with Crippen molar-refractivity contribution in [2.24, 2.45) is 11.7 Å². The summed E-state index contributed by atoms with van der Waals surface area (Å²) in [6.45, 7) is 5.02. The Hall–Kier alpha value is -1.79. The Morgan fingerprint density at radius 2 is 1.95 bits per heavy atom. The van der Waals surface area contributed by atoms with Gasteiger partial charge in [-0.2, -0.15) is 4.68 Å². The van der Waals surface area contributed by atoms with Crippen molar-refractivity contribution in [3.63, 3.8) is 0 Å². The molecule has 1 unspecified atom stereocenters. The van der Waals surface area contributed by atoms with E-state index in [0.29, 0.717) is 12.0 Å². The molecule has 1 aromatic carbocycles. The Morgan fingerprint density at radius 1 is 1.24 bits per heavy atom. The number of aromatic nitrogens is 4. The van der Waals surface area contributed by atoms with Gasteiger partial charge in [0.2, 0.25) is 0 Å². The first-order chi connectivity index (χ1) is 10.2. The number of hydrogen-bond donors (Lipinski definition) is 1. The number of para-hydroxylation sites is 1. The Kier molecular flexibility index (Phi) is 4.26. The zero-order valence-electron chi connectivity index (χ0n) is 12.4. The minimum absolute atomic E-state index is 0.293. The molecule has 6 nitrogen and oxygen atoms in total. The minimum Gasteiger partial charge on any atom is -0.328 e. The fraction of sp³-hybridized carbons (Fsp3) is 0.533. The van der Waals surface area contributed by atoms with Gasteiger partial charge in [0, 0.05) is 6.04 Å². The van der Waals surface area contributed by atoms with E-state index in [1.807, 2.05) is 35.0 Å². The molecule has 1 fully saturated rings. The molecular weight excluding hydrogens is 264 g/mol. The van der Waals surface area contributed by atoms with Crippen molar-refractivity contribution in [2.75, 3.05) is 13.1 Å². The van der Waals surface area contributed by atoms with Crippen LogP contribution in [0.1, 0.15) is 25.6 Å². The molecule has 0 amide bonds. The van der Waals surface area contributed by atoms with Crippen LogP contribution in [-0.2, 0) is 6.54 Å². The minimum atomic E-state index is 0.293. The molecule has 21 heavy (non-hydrogen) atoms. The highest BCUT2D eigenvalue weighted by Gasteiger charge is 2.23. The first kappa shape index (κ1) is 14.2. The van der Waals surface area contributed by atoms with Crippen molar-refractivity contribution in [2.45, 2.75) is 32.4 Å². The Labute approximate surface area is 124 Å². The monoisotopic (exact) mass is 286 g/mol. The van der Waals surface area contributed by atoms with Crippen LogP contribution in [-0.4, -0.2) is 44.2 Å². The maximum Gasteiger partial charge on any atom is 0.170 e. The summed E-state index contributed by atoms with van der Waals surface area (Å²) in [5.74, 6) is 1.53. The third-order valence-corrected chi connectivity index (χ3v) is 4.28. The van der Waals surface area contributed by atoms with Crippen LogP contribution in [0.3, 0.4) is 0 Å². The number of likely N-dealkylation sites (tertiary alicyclic amines) is 1. The van der Waals surface area contributed by atoms with E-state index < -0.39 is 0 Å². The van der Waals surface area contributed by atoms with Gasteiger partial charge in [-0.15, -0.1) is 5.10 Å². The van der Waals surface area contributed by atoms with E-state index in [4.69, 9.17) is 5.73 Å². The SMILES string of the molecule is CC(N)C1CCN(Cc2nnnn2-c2ccccc2)CC1. The van der Waals surface area contributed by atoms with Crippen LogP contribution < -0.4 is 5.73 Å².